The molecule has 0 spiro atoms. The third kappa shape index (κ3) is 17.1. The van der Waals surface area contributed by atoms with Crippen LogP contribution in [-0.2, 0) is 55.0 Å². The van der Waals surface area contributed by atoms with Crippen LogP contribution in [0.15, 0.2) is 12.7 Å². The van der Waals surface area contributed by atoms with Crippen molar-refractivity contribution in [3.8, 4) is 0 Å². The van der Waals surface area contributed by atoms with Gasteiger partial charge in [0.25, 0.3) is 0 Å². The summed E-state index contributed by atoms with van der Waals surface area (Å²) in [6.45, 7) is 3.99. The highest BCUT2D eigenvalue weighted by Crippen LogP contribution is 2.48. The van der Waals surface area contributed by atoms with Gasteiger partial charge in [0, 0.05) is 5.75 Å². The Hall–Kier alpha value is -1.70. The Morgan fingerprint density at radius 2 is 1.58 bits per heavy atom. The van der Waals surface area contributed by atoms with E-state index in [4.69, 9.17) is 35.4 Å². The first kappa shape index (κ1) is 39.5. The van der Waals surface area contributed by atoms with E-state index < -0.39 is 26.6 Å². The Balaban J connectivity index is 1.64. The van der Waals surface area contributed by atoms with Gasteiger partial charge in [0.05, 0.1) is 32.7 Å². The van der Waals surface area contributed by atoms with Crippen molar-refractivity contribution in [2.45, 2.75) is 116 Å². The van der Waals surface area contributed by atoms with Gasteiger partial charge in [0.2, 0.25) is 6.79 Å². The molecule has 2 N–H and O–H groups in total. The molecule has 12 nitrogen and oxygen atoms in total. The summed E-state index contributed by atoms with van der Waals surface area (Å²) < 4.78 is 41.2. The molecule has 0 saturated carbocycles. The lowest BCUT2D eigenvalue weighted by molar-refractivity contribution is -0.00000383. The molecular weight excluding hydrogens is 637 g/mol. The zero-order valence-corrected chi connectivity index (χ0v) is 29.9. The fraction of sp³-hybridized carbons (Fsp3) is 0.800. The van der Waals surface area contributed by atoms with Gasteiger partial charge in [-0.2, -0.15) is 0 Å². The molecule has 2 heterocycles. The maximum atomic E-state index is 13.4. The summed E-state index contributed by atoms with van der Waals surface area (Å²) in [5.41, 5.74) is 6.92. The van der Waals surface area contributed by atoms with Crippen LogP contribution >= 0.6 is 7.60 Å². The molecule has 0 bridgehead atoms. The molecular formula is C30H54N5O7PS2. The Bertz CT molecular complexity index is 1170. The van der Waals surface area contributed by atoms with Crippen LogP contribution in [0.5, 0.6) is 0 Å². The van der Waals surface area contributed by atoms with E-state index in [9.17, 15) is 9.36 Å². The van der Waals surface area contributed by atoms with Crippen molar-refractivity contribution in [1.29, 1.82) is 0 Å². The smallest absolute Gasteiger partial charge is 0.438 e. The number of carbonyl (C=O) groups excluding carboxylic acids is 1. The van der Waals surface area contributed by atoms with Crippen LogP contribution in [0.1, 0.15) is 104 Å². The minimum Gasteiger partial charge on any atom is -0.438 e. The van der Waals surface area contributed by atoms with Crippen molar-refractivity contribution in [1.82, 2.24) is 19.5 Å². The first-order valence-electron chi connectivity index (χ1n) is 16.2. The number of carbonyl (C=O) groups is 1. The van der Waals surface area contributed by atoms with E-state index in [-0.39, 0.29) is 28.2 Å². The predicted octanol–water partition coefficient (Wildman–Crippen LogP) is 7.30. The maximum Gasteiger partial charge on any atom is 0.510 e. The minimum atomic E-state index is -3.77. The van der Waals surface area contributed by atoms with Gasteiger partial charge in [-0.3, -0.25) is 9.09 Å². The van der Waals surface area contributed by atoms with Crippen molar-refractivity contribution in [2.24, 2.45) is 0 Å². The van der Waals surface area contributed by atoms with Gasteiger partial charge >= 0.3 is 13.8 Å². The Morgan fingerprint density at radius 3 is 2.20 bits per heavy atom. The number of methoxy groups -OCH3 is 1. The molecule has 0 radical (unpaired) electrons. The normalized spacial score (nSPS) is 14.3. The lowest BCUT2D eigenvalue weighted by Crippen LogP contribution is -2.19. The zero-order valence-electron chi connectivity index (χ0n) is 27.4. The molecule has 0 aliphatic carbocycles. The fourth-order valence-electron chi connectivity index (χ4n) is 4.74. The minimum absolute atomic E-state index is 0.154. The Kier molecular flexibility index (Phi) is 20.7. The van der Waals surface area contributed by atoms with Crippen molar-refractivity contribution < 1.29 is 32.6 Å². The van der Waals surface area contributed by atoms with E-state index in [1.165, 1.54) is 96.9 Å². The van der Waals surface area contributed by atoms with Crippen molar-refractivity contribution in [3.05, 3.63) is 12.7 Å². The number of nitrogen functional groups attached to an aromatic ring is 1. The van der Waals surface area contributed by atoms with Gasteiger partial charge < -0.3 is 29.0 Å². The molecule has 45 heavy (non-hydrogen) atoms. The molecule has 0 aliphatic rings. The molecule has 258 valence electrons. The van der Waals surface area contributed by atoms with E-state index in [0.29, 0.717) is 23.5 Å². The monoisotopic (exact) mass is 691 g/mol. The molecule has 0 aliphatic heterocycles. The first-order chi connectivity index (χ1) is 21.8. The number of imidazole rings is 1. The SMILES string of the molecule is CCCCCCCCCCCCCCCCS(=S)CCO[P@@](=O)(CO[C@H](C)Cn1cnc2c(N)ncnc21)OCOC(=O)OC. The summed E-state index contributed by atoms with van der Waals surface area (Å²) in [5.74, 6) is 1.80. The van der Waals surface area contributed by atoms with Gasteiger partial charge in [-0.25, -0.2) is 19.7 Å². The second kappa shape index (κ2) is 23.6. The lowest BCUT2D eigenvalue weighted by Gasteiger charge is -2.21. The van der Waals surface area contributed by atoms with Crippen LogP contribution < -0.4 is 5.73 Å². The summed E-state index contributed by atoms with van der Waals surface area (Å²) in [6.07, 6.45) is 19.7. The molecule has 2 aromatic heterocycles. The topological polar surface area (TPSA) is 150 Å². The molecule has 15 heteroatoms. The number of unbranched alkanes of at least 4 members (excludes halogenated alkanes) is 13. The number of fused-ring (bicyclic) bond motifs is 1. The molecule has 1 unspecified atom stereocenters. The number of rotatable bonds is 27. The van der Waals surface area contributed by atoms with Gasteiger partial charge in [-0.1, -0.05) is 102 Å². The van der Waals surface area contributed by atoms with E-state index in [0.717, 1.165) is 12.2 Å². The predicted molar refractivity (Wildman–Crippen MR) is 183 cm³/mol. The number of anilines is 1. The second-order valence-electron chi connectivity index (χ2n) is 11.2. The van der Waals surface area contributed by atoms with Gasteiger partial charge in [-0.15, -0.1) is 9.45 Å². The maximum absolute atomic E-state index is 13.4. The number of ether oxygens (including phenoxy) is 3. The summed E-state index contributed by atoms with van der Waals surface area (Å²) >= 11 is 5.65. The molecule has 0 amide bonds. The third-order valence-electron chi connectivity index (χ3n) is 7.32. The van der Waals surface area contributed by atoms with Crippen LogP contribution in [-0.4, -0.2) is 70.1 Å². The van der Waals surface area contributed by atoms with Crippen molar-refractivity contribution in [2.75, 3.05) is 44.1 Å². The molecule has 0 saturated heterocycles. The molecule has 2 rings (SSSR count). The van der Waals surface area contributed by atoms with Crippen molar-refractivity contribution >= 4 is 51.4 Å². The summed E-state index contributed by atoms with van der Waals surface area (Å²) in [4.78, 5) is 23.7. The van der Waals surface area contributed by atoms with Crippen LogP contribution in [0.25, 0.3) is 11.2 Å². The van der Waals surface area contributed by atoms with E-state index in [1.807, 2.05) is 6.92 Å². The molecule has 0 aromatic carbocycles. The molecule has 2 aromatic rings. The summed E-state index contributed by atoms with van der Waals surface area (Å²) in [5, 5.41) is 0. The van der Waals surface area contributed by atoms with E-state index >= 15 is 0 Å². The average Bonchev–Trinajstić information content (AvgIpc) is 3.44. The van der Waals surface area contributed by atoms with Gasteiger partial charge in [0.1, 0.15) is 18.2 Å². The number of aromatic nitrogens is 4. The highest BCUT2D eigenvalue weighted by atomic mass is 32.8. The van der Waals surface area contributed by atoms with Crippen molar-refractivity contribution in [3.63, 3.8) is 0 Å². The average molecular weight is 692 g/mol. The van der Waals surface area contributed by atoms with Gasteiger partial charge in [0.15, 0.2) is 11.5 Å². The van der Waals surface area contributed by atoms with Crippen LogP contribution in [0.3, 0.4) is 0 Å². The van der Waals surface area contributed by atoms with Gasteiger partial charge in [-0.05, 0) is 19.1 Å². The number of hydrogen-bond donors (Lipinski definition) is 1. The van der Waals surface area contributed by atoms with E-state index in [1.54, 1.807) is 10.9 Å². The summed E-state index contributed by atoms with van der Waals surface area (Å²) in [6, 6.07) is 0. The first-order valence-corrected chi connectivity index (χ1v) is 20.5. The number of nitrogens with zero attached hydrogens (tertiary/aromatic N) is 4. The number of nitrogens with two attached hydrogens (primary N) is 1. The number of hydrogen-bond acceptors (Lipinski definition) is 12. The largest absolute Gasteiger partial charge is 0.510 e. The zero-order chi connectivity index (χ0) is 32.8. The fourth-order valence-corrected chi connectivity index (χ4v) is 7.66. The summed E-state index contributed by atoms with van der Waals surface area (Å²) in [7, 11) is -2.88. The van der Waals surface area contributed by atoms with E-state index in [2.05, 4.69) is 26.6 Å². The van der Waals surface area contributed by atoms with Crippen LogP contribution in [0.2, 0.25) is 0 Å². The lowest BCUT2D eigenvalue weighted by atomic mass is 10.0. The highest BCUT2D eigenvalue weighted by Gasteiger charge is 2.28. The Morgan fingerprint density at radius 1 is 0.956 bits per heavy atom. The second-order valence-corrected chi connectivity index (χ2v) is 16.3. The molecule has 0 fully saturated rings. The Labute approximate surface area is 276 Å². The van der Waals surface area contributed by atoms with Crippen LogP contribution in [0.4, 0.5) is 10.6 Å². The standard InChI is InChI=1S/C30H54N5O7PS2/c1-4-5-6-7-8-9-10-11-12-13-14-15-16-17-19-45(44)20-18-41-43(37,42-24-39-30(36)38-3)25-40-26(2)21-35-23-34-27-28(31)32-22-33-29(27)35/h22-23,26H,4-21,24-25H2,1-3H3,(H2,31,32,33)/t26-,43+,45?/m1/s1. The highest BCUT2D eigenvalue weighted by molar-refractivity contribution is 8.28. The third-order valence-corrected chi connectivity index (χ3v) is 11.2. The molecule has 3 atom stereocenters. The van der Waals surface area contributed by atoms with Crippen LogP contribution in [0, 0.1) is 0 Å². The quantitative estimate of drug-likeness (QED) is 0.0433.